The van der Waals surface area contributed by atoms with Gasteiger partial charge in [0.25, 0.3) is 10.2 Å². The van der Waals surface area contributed by atoms with Crippen LogP contribution in [0.15, 0.2) is 0 Å². The fourth-order valence-electron chi connectivity index (χ4n) is 1.87. The van der Waals surface area contributed by atoms with E-state index in [2.05, 4.69) is 25.5 Å². The van der Waals surface area contributed by atoms with Crippen molar-refractivity contribution >= 4 is 10.2 Å². The molecule has 0 amide bonds. The zero-order valence-electron chi connectivity index (χ0n) is 13.0. The largest absolute Gasteiger partial charge is 0.279 e. The second kappa shape index (κ2) is 11.7. The van der Waals surface area contributed by atoms with E-state index in [1.54, 1.807) is 4.31 Å². The summed E-state index contributed by atoms with van der Waals surface area (Å²) < 4.78 is 28.7. The molecule has 5 heteroatoms. The summed E-state index contributed by atoms with van der Waals surface area (Å²) in [6.45, 7) is 8.17. The van der Waals surface area contributed by atoms with Crippen molar-refractivity contribution in [2.24, 2.45) is 0 Å². The van der Waals surface area contributed by atoms with Crippen LogP contribution in [0.2, 0.25) is 0 Å². The van der Waals surface area contributed by atoms with Crippen LogP contribution in [0.3, 0.4) is 0 Å². The Hall–Kier alpha value is -0.130. The smallest absolute Gasteiger partial charge is 0.202 e. The zero-order valence-corrected chi connectivity index (χ0v) is 13.8. The lowest BCUT2D eigenvalue weighted by Crippen LogP contribution is -2.42. The molecule has 0 unspecified atom stereocenters. The topological polar surface area (TPSA) is 49.4 Å². The van der Waals surface area contributed by atoms with Crippen LogP contribution in [-0.4, -0.2) is 32.4 Å². The van der Waals surface area contributed by atoms with Gasteiger partial charge in [-0.2, -0.15) is 12.7 Å². The maximum absolute atomic E-state index is 12.2. The minimum absolute atomic E-state index is 0.567. The van der Waals surface area contributed by atoms with Crippen LogP contribution in [0.25, 0.3) is 0 Å². The average Bonchev–Trinajstić information content (AvgIpc) is 2.38. The highest BCUT2D eigenvalue weighted by atomic mass is 32.2. The van der Waals surface area contributed by atoms with Crippen molar-refractivity contribution in [1.82, 2.24) is 9.03 Å². The monoisotopic (exact) mass is 292 g/mol. The molecule has 0 saturated carbocycles. The van der Waals surface area contributed by atoms with Crippen molar-refractivity contribution in [1.29, 1.82) is 0 Å². The molecule has 0 bridgehead atoms. The summed E-state index contributed by atoms with van der Waals surface area (Å²) in [5, 5.41) is 0. The average molecular weight is 292 g/mol. The van der Waals surface area contributed by atoms with E-state index in [-0.39, 0.29) is 0 Å². The summed E-state index contributed by atoms with van der Waals surface area (Å²) >= 11 is 0. The molecule has 0 aromatic heterocycles. The van der Waals surface area contributed by atoms with E-state index in [1.165, 1.54) is 12.8 Å². The van der Waals surface area contributed by atoms with E-state index in [0.717, 1.165) is 38.5 Å². The van der Waals surface area contributed by atoms with Gasteiger partial charge in [-0.05, 0) is 19.3 Å². The highest BCUT2D eigenvalue weighted by Crippen LogP contribution is 2.05. The maximum atomic E-state index is 12.2. The SMILES string of the molecule is CCCCCCNS(=O)(=O)N(CCCC)CCCC. The Morgan fingerprint density at radius 2 is 1.32 bits per heavy atom. The first-order valence-electron chi connectivity index (χ1n) is 7.83. The molecule has 1 N–H and O–H groups in total. The van der Waals surface area contributed by atoms with Gasteiger partial charge in [0.05, 0.1) is 0 Å². The van der Waals surface area contributed by atoms with Crippen LogP contribution in [0, 0.1) is 0 Å². The van der Waals surface area contributed by atoms with Gasteiger partial charge in [-0.25, -0.2) is 4.72 Å². The normalized spacial score (nSPS) is 12.2. The van der Waals surface area contributed by atoms with Crippen molar-refractivity contribution in [3.8, 4) is 0 Å². The summed E-state index contributed by atoms with van der Waals surface area (Å²) in [4.78, 5) is 0. The van der Waals surface area contributed by atoms with E-state index in [9.17, 15) is 8.42 Å². The van der Waals surface area contributed by atoms with Gasteiger partial charge < -0.3 is 0 Å². The lowest BCUT2D eigenvalue weighted by Gasteiger charge is -2.22. The maximum Gasteiger partial charge on any atom is 0.279 e. The van der Waals surface area contributed by atoms with Crippen LogP contribution in [0.5, 0.6) is 0 Å². The Labute approximate surface area is 120 Å². The molecule has 0 saturated heterocycles. The molecular formula is C14H32N2O2S. The molecule has 0 rings (SSSR count). The molecule has 0 atom stereocenters. The van der Waals surface area contributed by atoms with Crippen molar-refractivity contribution in [3.05, 3.63) is 0 Å². The van der Waals surface area contributed by atoms with Gasteiger partial charge in [0.1, 0.15) is 0 Å². The molecule has 0 radical (unpaired) electrons. The number of hydrogen-bond acceptors (Lipinski definition) is 2. The molecule has 0 fully saturated rings. The summed E-state index contributed by atoms with van der Waals surface area (Å²) in [7, 11) is -3.27. The van der Waals surface area contributed by atoms with E-state index < -0.39 is 10.2 Å². The number of nitrogens with one attached hydrogen (secondary N) is 1. The van der Waals surface area contributed by atoms with Crippen LogP contribution in [0.4, 0.5) is 0 Å². The van der Waals surface area contributed by atoms with Gasteiger partial charge in [-0.15, -0.1) is 0 Å². The van der Waals surface area contributed by atoms with Gasteiger partial charge in [-0.1, -0.05) is 52.9 Å². The first-order chi connectivity index (χ1) is 9.08. The highest BCUT2D eigenvalue weighted by Gasteiger charge is 2.19. The lowest BCUT2D eigenvalue weighted by molar-refractivity contribution is 0.387. The van der Waals surface area contributed by atoms with Crippen LogP contribution in [0.1, 0.15) is 72.1 Å². The molecule has 116 valence electrons. The van der Waals surface area contributed by atoms with Crippen LogP contribution in [-0.2, 0) is 10.2 Å². The predicted molar refractivity (Wildman–Crippen MR) is 82.5 cm³/mol. The minimum Gasteiger partial charge on any atom is -0.202 e. The zero-order chi connectivity index (χ0) is 14.6. The standard InChI is InChI=1S/C14H32N2O2S/c1-4-7-10-11-12-15-19(17,18)16(13-8-5-2)14-9-6-3/h15H,4-14H2,1-3H3. The number of nitrogens with zero attached hydrogens (tertiary/aromatic N) is 1. The molecule has 0 aliphatic heterocycles. The van der Waals surface area contributed by atoms with Crippen molar-refractivity contribution in [3.63, 3.8) is 0 Å². The Morgan fingerprint density at radius 3 is 1.79 bits per heavy atom. The van der Waals surface area contributed by atoms with Crippen molar-refractivity contribution in [2.45, 2.75) is 72.1 Å². The van der Waals surface area contributed by atoms with E-state index in [0.29, 0.717) is 19.6 Å². The van der Waals surface area contributed by atoms with E-state index in [4.69, 9.17) is 0 Å². The summed E-state index contributed by atoms with van der Waals surface area (Å²) in [6.07, 6.45) is 8.29. The molecular weight excluding hydrogens is 260 g/mol. The first-order valence-corrected chi connectivity index (χ1v) is 9.27. The second-order valence-corrected chi connectivity index (χ2v) is 6.82. The predicted octanol–water partition coefficient (Wildman–Crippen LogP) is 3.30. The van der Waals surface area contributed by atoms with Crippen molar-refractivity contribution in [2.75, 3.05) is 19.6 Å². The number of hydrogen-bond donors (Lipinski definition) is 1. The number of rotatable bonds is 13. The van der Waals surface area contributed by atoms with Gasteiger partial charge in [-0.3, -0.25) is 0 Å². The van der Waals surface area contributed by atoms with Crippen LogP contribution < -0.4 is 4.72 Å². The summed E-state index contributed by atoms with van der Waals surface area (Å²) in [5.41, 5.74) is 0. The second-order valence-electron chi connectivity index (χ2n) is 5.07. The Balaban J connectivity index is 4.18. The third-order valence-corrected chi connectivity index (χ3v) is 4.79. The molecule has 0 heterocycles. The van der Waals surface area contributed by atoms with Gasteiger partial charge >= 0.3 is 0 Å². The summed E-state index contributed by atoms with van der Waals surface area (Å²) in [5.74, 6) is 0. The fraction of sp³-hybridized carbons (Fsp3) is 1.00. The molecule has 0 aliphatic rings. The van der Waals surface area contributed by atoms with E-state index >= 15 is 0 Å². The quantitative estimate of drug-likeness (QED) is 0.529. The Bertz CT molecular complexity index is 284. The third kappa shape index (κ3) is 9.41. The van der Waals surface area contributed by atoms with E-state index in [1.807, 2.05) is 0 Å². The molecule has 19 heavy (non-hydrogen) atoms. The highest BCUT2D eigenvalue weighted by molar-refractivity contribution is 7.87. The molecule has 0 aromatic carbocycles. The Morgan fingerprint density at radius 1 is 0.789 bits per heavy atom. The van der Waals surface area contributed by atoms with Gasteiger partial charge in [0.15, 0.2) is 0 Å². The molecule has 4 nitrogen and oxygen atoms in total. The molecule has 0 spiro atoms. The van der Waals surface area contributed by atoms with Crippen molar-refractivity contribution < 1.29 is 8.42 Å². The molecule has 0 aliphatic carbocycles. The van der Waals surface area contributed by atoms with Crippen LogP contribution >= 0.6 is 0 Å². The summed E-state index contributed by atoms with van der Waals surface area (Å²) in [6, 6.07) is 0. The third-order valence-electron chi connectivity index (χ3n) is 3.18. The minimum atomic E-state index is -3.27. The lowest BCUT2D eigenvalue weighted by atomic mass is 10.2. The fourth-order valence-corrected chi connectivity index (χ4v) is 3.19. The first kappa shape index (κ1) is 18.9. The Kier molecular flexibility index (Phi) is 11.6. The number of unbranched alkanes of at least 4 members (excludes halogenated alkanes) is 5. The van der Waals surface area contributed by atoms with Gasteiger partial charge in [0.2, 0.25) is 0 Å². The molecule has 0 aromatic rings. The van der Waals surface area contributed by atoms with Gasteiger partial charge in [0, 0.05) is 19.6 Å².